The molecule has 7 heteroatoms. The number of H-pyrrole nitrogens is 1. The Bertz CT molecular complexity index is 748. The van der Waals surface area contributed by atoms with Crippen LogP contribution in [-0.4, -0.2) is 18.6 Å². The summed E-state index contributed by atoms with van der Waals surface area (Å²) in [7, 11) is -3.79. The van der Waals surface area contributed by atoms with Gasteiger partial charge in [0, 0.05) is 11.6 Å². The molecule has 19 heavy (non-hydrogen) atoms. The minimum atomic E-state index is -3.79. The van der Waals surface area contributed by atoms with Crippen LogP contribution < -0.4 is 5.56 Å². The van der Waals surface area contributed by atoms with Crippen molar-refractivity contribution in [1.82, 2.24) is 10.2 Å². The van der Waals surface area contributed by atoms with E-state index in [-0.39, 0.29) is 10.6 Å². The molecular formula is C12H11FN2O3S. The molecule has 0 fully saturated rings. The summed E-state index contributed by atoms with van der Waals surface area (Å²) in [6.07, 6.45) is 0. The molecule has 0 saturated heterocycles. The van der Waals surface area contributed by atoms with Crippen molar-refractivity contribution in [2.75, 3.05) is 0 Å². The third kappa shape index (κ3) is 2.87. The van der Waals surface area contributed by atoms with Crippen molar-refractivity contribution in [3.05, 3.63) is 57.6 Å². The zero-order chi connectivity index (χ0) is 14.0. The third-order valence-corrected chi connectivity index (χ3v) is 4.15. The molecular weight excluding hydrogens is 271 g/mol. The maximum atomic E-state index is 13.8. The van der Waals surface area contributed by atoms with E-state index in [0.29, 0.717) is 5.56 Å². The van der Waals surface area contributed by atoms with Crippen LogP contribution in [0.3, 0.4) is 0 Å². The maximum absolute atomic E-state index is 13.8. The number of aryl methyl sites for hydroxylation is 1. The summed E-state index contributed by atoms with van der Waals surface area (Å²) in [4.78, 5) is 10.8. The van der Waals surface area contributed by atoms with Gasteiger partial charge in [-0.05, 0) is 18.6 Å². The van der Waals surface area contributed by atoms with Crippen LogP contribution in [0.2, 0.25) is 0 Å². The molecule has 100 valence electrons. The monoisotopic (exact) mass is 282 g/mol. The highest BCUT2D eigenvalue weighted by atomic mass is 32.2. The van der Waals surface area contributed by atoms with E-state index in [1.807, 2.05) is 5.10 Å². The smallest absolute Gasteiger partial charge is 0.264 e. The van der Waals surface area contributed by atoms with E-state index in [0.717, 1.165) is 12.1 Å². The summed E-state index contributed by atoms with van der Waals surface area (Å²) < 4.78 is 37.8. The number of hydrogen-bond acceptors (Lipinski definition) is 4. The number of rotatable bonds is 3. The Balaban J connectivity index is 2.39. The minimum absolute atomic E-state index is 0.0769. The molecule has 0 saturated carbocycles. The SMILES string of the molecule is Cc1cccc(CS(=O)(=O)c2ccc(=O)[nH]n2)c1F. The van der Waals surface area contributed by atoms with Gasteiger partial charge in [-0.1, -0.05) is 18.2 Å². The van der Waals surface area contributed by atoms with E-state index < -0.39 is 27.0 Å². The summed E-state index contributed by atoms with van der Waals surface area (Å²) in [5.41, 5.74) is -0.0455. The summed E-state index contributed by atoms with van der Waals surface area (Å²) in [5, 5.41) is 5.21. The summed E-state index contributed by atoms with van der Waals surface area (Å²) >= 11 is 0. The lowest BCUT2D eigenvalue weighted by Gasteiger charge is -2.06. The zero-order valence-electron chi connectivity index (χ0n) is 10.1. The molecule has 5 nitrogen and oxygen atoms in total. The van der Waals surface area contributed by atoms with Gasteiger partial charge in [-0.3, -0.25) is 4.79 Å². The number of nitrogens with zero attached hydrogens (tertiary/aromatic N) is 1. The Labute approximate surface area is 109 Å². The van der Waals surface area contributed by atoms with E-state index in [2.05, 4.69) is 5.10 Å². The van der Waals surface area contributed by atoms with Crippen LogP contribution >= 0.6 is 0 Å². The van der Waals surface area contributed by atoms with Crippen molar-refractivity contribution in [1.29, 1.82) is 0 Å². The maximum Gasteiger partial charge on any atom is 0.264 e. The Morgan fingerprint density at radius 2 is 2.00 bits per heavy atom. The van der Waals surface area contributed by atoms with Gasteiger partial charge in [0.2, 0.25) is 9.84 Å². The summed E-state index contributed by atoms with van der Waals surface area (Å²) in [6, 6.07) is 6.72. The first kappa shape index (κ1) is 13.4. The van der Waals surface area contributed by atoms with E-state index >= 15 is 0 Å². The van der Waals surface area contributed by atoms with Gasteiger partial charge in [-0.2, -0.15) is 5.10 Å². The highest BCUT2D eigenvalue weighted by molar-refractivity contribution is 7.90. The Morgan fingerprint density at radius 1 is 1.26 bits per heavy atom. The summed E-state index contributed by atoms with van der Waals surface area (Å²) in [6.45, 7) is 1.56. The third-order valence-electron chi connectivity index (χ3n) is 2.59. The molecule has 0 atom stereocenters. The van der Waals surface area contributed by atoms with E-state index in [1.54, 1.807) is 19.1 Å². The quantitative estimate of drug-likeness (QED) is 0.917. The fraction of sp³-hybridized carbons (Fsp3) is 0.167. The predicted octanol–water partition coefficient (Wildman–Crippen LogP) is 1.19. The van der Waals surface area contributed by atoms with Gasteiger partial charge < -0.3 is 0 Å². The van der Waals surface area contributed by atoms with Gasteiger partial charge in [0.05, 0.1) is 5.75 Å². The average molecular weight is 282 g/mol. The van der Waals surface area contributed by atoms with Gasteiger partial charge in [0.15, 0.2) is 5.03 Å². The topological polar surface area (TPSA) is 79.9 Å². The van der Waals surface area contributed by atoms with Crippen molar-refractivity contribution in [3.63, 3.8) is 0 Å². The number of nitrogens with one attached hydrogen (secondary N) is 1. The second kappa shape index (κ2) is 4.93. The number of aromatic nitrogens is 2. The molecule has 0 spiro atoms. The van der Waals surface area contributed by atoms with Gasteiger partial charge in [-0.15, -0.1) is 0 Å². The standard InChI is InChI=1S/C12H11FN2O3S/c1-8-3-2-4-9(12(8)13)7-19(17,18)11-6-5-10(16)14-15-11/h2-6H,7H2,1H3,(H,14,16). The second-order valence-electron chi connectivity index (χ2n) is 4.07. The van der Waals surface area contributed by atoms with E-state index in [9.17, 15) is 17.6 Å². The molecule has 2 aromatic rings. The zero-order valence-corrected chi connectivity index (χ0v) is 10.9. The molecule has 0 unspecified atom stereocenters. The van der Waals surface area contributed by atoms with Crippen LogP contribution in [0.25, 0.3) is 0 Å². The molecule has 2 rings (SSSR count). The number of benzene rings is 1. The predicted molar refractivity (Wildman–Crippen MR) is 66.9 cm³/mol. The molecule has 0 aliphatic heterocycles. The van der Waals surface area contributed by atoms with Crippen LogP contribution in [-0.2, 0) is 15.6 Å². The van der Waals surface area contributed by atoms with Gasteiger partial charge in [0.1, 0.15) is 5.82 Å². The van der Waals surface area contributed by atoms with Gasteiger partial charge >= 0.3 is 0 Å². The molecule has 0 radical (unpaired) electrons. The van der Waals surface area contributed by atoms with Crippen molar-refractivity contribution in [3.8, 4) is 0 Å². The minimum Gasteiger partial charge on any atom is -0.268 e. The van der Waals surface area contributed by atoms with Crippen LogP contribution in [0.4, 0.5) is 4.39 Å². The fourth-order valence-electron chi connectivity index (χ4n) is 1.60. The molecule has 0 bridgehead atoms. The van der Waals surface area contributed by atoms with E-state index in [1.165, 1.54) is 6.07 Å². The van der Waals surface area contributed by atoms with Crippen LogP contribution in [0, 0.1) is 12.7 Å². The number of aromatic amines is 1. The summed E-state index contributed by atoms with van der Waals surface area (Å²) in [5.74, 6) is -1.05. The largest absolute Gasteiger partial charge is 0.268 e. The normalized spacial score (nSPS) is 11.5. The number of hydrogen-bond donors (Lipinski definition) is 1. The van der Waals surface area contributed by atoms with E-state index in [4.69, 9.17) is 0 Å². The fourth-order valence-corrected chi connectivity index (χ4v) is 2.84. The van der Waals surface area contributed by atoms with Gasteiger partial charge in [-0.25, -0.2) is 17.9 Å². The average Bonchev–Trinajstić information content (AvgIpc) is 2.35. The van der Waals surface area contributed by atoms with Crippen molar-refractivity contribution >= 4 is 9.84 Å². The van der Waals surface area contributed by atoms with Crippen LogP contribution in [0.1, 0.15) is 11.1 Å². The molecule has 0 amide bonds. The van der Waals surface area contributed by atoms with Gasteiger partial charge in [0.25, 0.3) is 5.56 Å². The molecule has 0 aliphatic carbocycles. The molecule has 1 heterocycles. The van der Waals surface area contributed by atoms with Crippen molar-refractivity contribution < 1.29 is 12.8 Å². The molecule has 0 aliphatic rings. The highest BCUT2D eigenvalue weighted by Gasteiger charge is 2.19. The highest BCUT2D eigenvalue weighted by Crippen LogP contribution is 2.18. The number of halogens is 1. The Morgan fingerprint density at radius 3 is 2.63 bits per heavy atom. The number of sulfone groups is 1. The lowest BCUT2D eigenvalue weighted by atomic mass is 10.1. The second-order valence-corrected chi connectivity index (χ2v) is 6.00. The first-order chi connectivity index (χ1) is 8.90. The Kier molecular flexibility index (Phi) is 3.48. The molecule has 1 N–H and O–H groups in total. The lowest BCUT2D eigenvalue weighted by molar-refractivity contribution is 0.580. The van der Waals surface area contributed by atoms with Crippen LogP contribution in [0.15, 0.2) is 40.2 Å². The Hall–Kier alpha value is -2.02. The van der Waals surface area contributed by atoms with Crippen LogP contribution in [0.5, 0.6) is 0 Å². The lowest BCUT2D eigenvalue weighted by Crippen LogP contribution is -2.13. The van der Waals surface area contributed by atoms with Crippen molar-refractivity contribution in [2.24, 2.45) is 0 Å². The first-order valence-corrected chi connectivity index (χ1v) is 7.08. The van der Waals surface area contributed by atoms with Crippen molar-refractivity contribution in [2.45, 2.75) is 17.7 Å². The first-order valence-electron chi connectivity index (χ1n) is 5.42. The molecule has 1 aromatic carbocycles. The molecule has 1 aromatic heterocycles.